The first-order valence-corrected chi connectivity index (χ1v) is 6.71. The molecule has 0 aliphatic heterocycles. The Morgan fingerprint density at radius 2 is 2.19 bits per heavy atom. The molecule has 86 valence electrons. The zero-order valence-corrected chi connectivity index (χ0v) is 10.2. The summed E-state index contributed by atoms with van der Waals surface area (Å²) in [6, 6.07) is 3.67. The number of rotatable bonds is 4. The minimum atomic E-state index is -3.21. The van der Waals surface area contributed by atoms with Crippen LogP contribution in [-0.2, 0) is 9.84 Å². The molecule has 0 radical (unpaired) electrons. The highest BCUT2D eigenvalue weighted by Gasteiger charge is 2.14. The third-order valence-electron chi connectivity index (χ3n) is 2.44. The summed E-state index contributed by atoms with van der Waals surface area (Å²) in [5.41, 5.74) is 0.788. The lowest BCUT2D eigenvalue weighted by Crippen LogP contribution is -2.05. The third-order valence-corrected chi connectivity index (χ3v) is 4.14. The molecule has 1 unspecified atom stereocenters. The molecular weight excluding hydrogens is 224 g/mol. The van der Waals surface area contributed by atoms with E-state index >= 15 is 0 Å². The molecule has 1 rings (SSSR count). The Morgan fingerprint density at radius 1 is 1.50 bits per heavy atom. The molecule has 0 aliphatic rings. The van der Waals surface area contributed by atoms with Crippen molar-refractivity contribution in [1.82, 2.24) is 4.98 Å². The lowest BCUT2D eigenvalue weighted by atomic mass is 10.0. The highest BCUT2D eigenvalue weighted by Crippen LogP contribution is 2.20. The molecule has 0 saturated heterocycles. The predicted octanol–water partition coefficient (Wildman–Crippen LogP) is 1.89. The molecule has 0 aliphatic carbocycles. The summed E-state index contributed by atoms with van der Waals surface area (Å²) in [7, 11) is -3.21. The van der Waals surface area contributed by atoms with E-state index in [4.69, 9.17) is 5.26 Å². The summed E-state index contributed by atoms with van der Waals surface area (Å²) < 4.78 is 23.3. The monoisotopic (exact) mass is 238 g/mol. The average molecular weight is 238 g/mol. The van der Waals surface area contributed by atoms with Gasteiger partial charge in [-0.05, 0) is 17.5 Å². The van der Waals surface area contributed by atoms with E-state index in [-0.39, 0.29) is 16.6 Å². The molecule has 0 saturated carbocycles. The molecule has 0 amide bonds. The van der Waals surface area contributed by atoms with Gasteiger partial charge in [0.05, 0.1) is 16.7 Å². The maximum absolute atomic E-state index is 11.6. The van der Waals surface area contributed by atoms with Gasteiger partial charge in [-0.2, -0.15) is 5.26 Å². The molecular formula is C11H14N2O2S. The zero-order chi connectivity index (χ0) is 12.2. The van der Waals surface area contributed by atoms with Crippen LogP contribution in [0.15, 0.2) is 23.4 Å². The summed E-state index contributed by atoms with van der Waals surface area (Å²) in [5.74, 6) is 0.0645. The van der Waals surface area contributed by atoms with Gasteiger partial charge in [0, 0.05) is 18.8 Å². The van der Waals surface area contributed by atoms with Gasteiger partial charge in [0.1, 0.15) is 0 Å². The maximum Gasteiger partial charge on any atom is 0.179 e. The van der Waals surface area contributed by atoms with E-state index in [1.165, 1.54) is 6.20 Å². The van der Waals surface area contributed by atoms with E-state index in [1.807, 2.05) is 6.92 Å². The number of nitrogens with zero attached hydrogens (tertiary/aromatic N) is 2. The quantitative estimate of drug-likeness (QED) is 0.803. The fraction of sp³-hybridized carbons (Fsp3) is 0.455. The number of sulfone groups is 1. The number of pyridine rings is 1. The van der Waals surface area contributed by atoms with Crippen molar-refractivity contribution in [3.63, 3.8) is 0 Å². The molecule has 0 bridgehead atoms. The van der Waals surface area contributed by atoms with Crippen molar-refractivity contribution in [3.8, 4) is 6.07 Å². The van der Waals surface area contributed by atoms with Crippen LogP contribution < -0.4 is 0 Å². The maximum atomic E-state index is 11.6. The number of nitriles is 1. The zero-order valence-electron chi connectivity index (χ0n) is 9.34. The van der Waals surface area contributed by atoms with Crippen molar-refractivity contribution in [1.29, 1.82) is 5.26 Å². The van der Waals surface area contributed by atoms with Crippen LogP contribution >= 0.6 is 0 Å². The molecule has 5 heteroatoms. The van der Waals surface area contributed by atoms with Crippen LogP contribution in [0.3, 0.4) is 0 Å². The van der Waals surface area contributed by atoms with E-state index < -0.39 is 9.84 Å². The number of hydrogen-bond donors (Lipinski definition) is 0. The molecule has 0 fully saturated rings. The van der Waals surface area contributed by atoms with Gasteiger partial charge in [-0.25, -0.2) is 8.42 Å². The summed E-state index contributed by atoms with van der Waals surface area (Å²) in [5, 5.41) is 8.58. The minimum Gasteiger partial charge on any atom is -0.263 e. The molecule has 0 spiro atoms. The van der Waals surface area contributed by atoms with Crippen LogP contribution in [0.2, 0.25) is 0 Å². The van der Waals surface area contributed by atoms with Crippen molar-refractivity contribution < 1.29 is 8.42 Å². The Hall–Kier alpha value is -1.41. The van der Waals surface area contributed by atoms with E-state index in [0.717, 1.165) is 5.56 Å². The van der Waals surface area contributed by atoms with Gasteiger partial charge >= 0.3 is 0 Å². The van der Waals surface area contributed by atoms with Crippen LogP contribution in [0.25, 0.3) is 0 Å². The molecule has 1 atom stereocenters. The Morgan fingerprint density at radius 3 is 2.75 bits per heavy atom. The first kappa shape index (κ1) is 12.7. The van der Waals surface area contributed by atoms with Crippen LogP contribution in [-0.4, -0.2) is 19.2 Å². The molecule has 0 N–H and O–H groups in total. The van der Waals surface area contributed by atoms with Gasteiger partial charge in [0.2, 0.25) is 0 Å². The molecule has 1 aromatic rings. The van der Waals surface area contributed by atoms with Crippen molar-refractivity contribution in [2.75, 3.05) is 5.75 Å². The van der Waals surface area contributed by atoms with E-state index in [9.17, 15) is 8.42 Å². The minimum absolute atomic E-state index is 0.00417. The third kappa shape index (κ3) is 2.80. The molecule has 0 aromatic carbocycles. The molecule has 16 heavy (non-hydrogen) atoms. The van der Waals surface area contributed by atoms with Crippen LogP contribution in [0.4, 0.5) is 0 Å². The lowest BCUT2D eigenvalue weighted by Gasteiger charge is -2.08. The standard InChI is InChI=1S/C11H14N2O2S/c1-3-16(14,15)11-6-10(7-13-8-11)9(2)4-5-12/h6-9H,3-4H2,1-2H3. The van der Waals surface area contributed by atoms with Gasteiger partial charge < -0.3 is 0 Å². The lowest BCUT2D eigenvalue weighted by molar-refractivity contribution is 0.596. The molecule has 1 heterocycles. The second kappa shape index (κ2) is 5.08. The van der Waals surface area contributed by atoms with Crippen LogP contribution in [0, 0.1) is 11.3 Å². The Balaban J connectivity index is 3.10. The first-order valence-electron chi connectivity index (χ1n) is 5.06. The number of hydrogen-bond acceptors (Lipinski definition) is 4. The van der Waals surface area contributed by atoms with Gasteiger partial charge in [-0.1, -0.05) is 13.8 Å². The Kier molecular flexibility index (Phi) is 4.02. The second-order valence-electron chi connectivity index (χ2n) is 3.62. The summed E-state index contributed by atoms with van der Waals surface area (Å²) in [6.07, 6.45) is 3.31. The summed E-state index contributed by atoms with van der Waals surface area (Å²) >= 11 is 0. The fourth-order valence-electron chi connectivity index (χ4n) is 1.30. The van der Waals surface area contributed by atoms with Gasteiger partial charge in [0.25, 0.3) is 0 Å². The van der Waals surface area contributed by atoms with Crippen LogP contribution in [0.5, 0.6) is 0 Å². The van der Waals surface area contributed by atoms with Crippen molar-refractivity contribution >= 4 is 9.84 Å². The highest BCUT2D eigenvalue weighted by atomic mass is 32.2. The average Bonchev–Trinajstić information content (AvgIpc) is 2.29. The topological polar surface area (TPSA) is 70.8 Å². The van der Waals surface area contributed by atoms with E-state index in [2.05, 4.69) is 11.1 Å². The SMILES string of the molecule is CCS(=O)(=O)c1cncc(C(C)CC#N)c1. The molecule has 4 nitrogen and oxygen atoms in total. The van der Waals surface area contributed by atoms with Gasteiger partial charge in [0.15, 0.2) is 9.84 Å². The van der Waals surface area contributed by atoms with Gasteiger partial charge in [-0.3, -0.25) is 4.98 Å². The van der Waals surface area contributed by atoms with E-state index in [0.29, 0.717) is 6.42 Å². The Labute approximate surface area is 95.9 Å². The van der Waals surface area contributed by atoms with E-state index in [1.54, 1.807) is 19.2 Å². The van der Waals surface area contributed by atoms with Crippen molar-refractivity contribution in [2.24, 2.45) is 0 Å². The van der Waals surface area contributed by atoms with Crippen LogP contribution in [0.1, 0.15) is 31.7 Å². The highest BCUT2D eigenvalue weighted by molar-refractivity contribution is 7.91. The largest absolute Gasteiger partial charge is 0.263 e. The summed E-state index contributed by atoms with van der Waals surface area (Å²) in [4.78, 5) is 4.15. The normalized spacial score (nSPS) is 13.1. The summed E-state index contributed by atoms with van der Waals surface area (Å²) in [6.45, 7) is 3.48. The van der Waals surface area contributed by atoms with Crippen molar-refractivity contribution in [2.45, 2.75) is 31.1 Å². The predicted molar refractivity (Wildman–Crippen MR) is 60.6 cm³/mol. The first-order chi connectivity index (χ1) is 7.51. The molecule has 1 aromatic heterocycles. The smallest absolute Gasteiger partial charge is 0.179 e. The Bertz CT molecular complexity index is 503. The van der Waals surface area contributed by atoms with Crippen molar-refractivity contribution in [3.05, 3.63) is 24.0 Å². The number of aromatic nitrogens is 1. The fourth-order valence-corrected chi connectivity index (χ4v) is 2.17. The van der Waals surface area contributed by atoms with Gasteiger partial charge in [-0.15, -0.1) is 0 Å². The second-order valence-corrected chi connectivity index (χ2v) is 5.90.